The first-order valence-corrected chi connectivity index (χ1v) is 26.3. The van der Waals surface area contributed by atoms with E-state index in [4.69, 9.17) is 14.2 Å². The van der Waals surface area contributed by atoms with E-state index in [-0.39, 0.29) is 42.7 Å². The minimum absolute atomic E-state index is 0.0294. The summed E-state index contributed by atoms with van der Waals surface area (Å²) in [5.41, 5.74) is 0. The van der Waals surface area contributed by atoms with Gasteiger partial charge in [0.25, 0.3) is 0 Å². The number of hydrogen-bond donors (Lipinski definition) is 0. The number of hydrogen-bond acceptors (Lipinski definition) is 7. The lowest BCUT2D eigenvalue weighted by molar-refractivity contribution is -0.889. The van der Waals surface area contributed by atoms with Crippen LogP contribution >= 0.6 is 0 Å². The van der Waals surface area contributed by atoms with E-state index in [1.807, 2.05) is 0 Å². The summed E-state index contributed by atoms with van der Waals surface area (Å²) in [4.78, 5) is 37.1. The first-order chi connectivity index (χ1) is 32.1. The molecule has 0 heterocycles. The smallest absolute Gasteiger partial charge is 0.306 e. The summed E-state index contributed by atoms with van der Waals surface area (Å²) in [6, 6.07) is -0.735. The number of nitrogens with zero attached hydrogens (tertiary/aromatic N) is 1. The van der Waals surface area contributed by atoms with Crippen molar-refractivity contribution in [2.24, 2.45) is 0 Å². The molecule has 0 fully saturated rings. The van der Waals surface area contributed by atoms with Gasteiger partial charge < -0.3 is 28.6 Å². The van der Waals surface area contributed by atoms with Crippen molar-refractivity contribution in [3.05, 3.63) is 97.2 Å². The van der Waals surface area contributed by atoms with Crippen LogP contribution in [0.2, 0.25) is 0 Å². The second-order valence-corrected chi connectivity index (χ2v) is 18.3. The van der Waals surface area contributed by atoms with Crippen molar-refractivity contribution >= 4 is 17.9 Å². The molecule has 0 aromatic rings. The molecule has 8 nitrogen and oxygen atoms in total. The lowest BCUT2D eigenvalue weighted by atomic mass is 10.1. The zero-order chi connectivity index (χ0) is 48.4. The van der Waals surface area contributed by atoms with Gasteiger partial charge in [-0.25, -0.2) is 0 Å². The van der Waals surface area contributed by atoms with Crippen molar-refractivity contribution in [3.8, 4) is 0 Å². The average molecular weight is 920 g/mol. The Morgan fingerprint density at radius 1 is 0.455 bits per heavy atom. The van der Waals surface area contributed by atoms with E-state index in [2.05, 4.69) is 111 Å². The average Bonchev–Trinajstić information content (AvgIpc) is 3.28. The van der Waals surface area contributed by atoms with Crippen LogP contribution in [0.5, 0.6) is 0 Å². The van der Waals surface area contributed by atoms with Gasteiger partial charge in [0, 0.05) is 19.3 Å². The molecule has 0 aliphatic heterocycles. The maximum absolute atomic E-state index is 12.8. The lowest BCUT2D eigenvalue weighted by Gasteiger charge is -2.34. The van der Waals surface area contributed by atoms with Crippen LogP contribution in [-0.2, 0) is 28.6 Å². The van der Waals surface area contributed by atoms with Gasteiger partial charge in [0.15, 0.2) is 6.10 Å². The summed E-state index contributed by atoms with van der Waals surface area (Å²) < 4.78 is 17.2. The molecule has 2 atom stereocenters. The topological polar surface area (TPSA) is 102 Å². The molecule has 376 valence electrons. The number of likely N-dealkylation sites (N-methyl/N-ethyl adjacent to an activating group) is 1. The molecule has 66 heavy (non-hydrogen) atoms. The van der Waals surface area contributed by atoms with Crippen LogP contribution in [0, 0.1) is 0 Å². The van der Waals surface area contributed by atoms with E-state index in [0.29, 0.717) is 12.8 Å². The first-order valence-electron chi connectivity index (χ1n) is 26.3. The van der Waals surface area contributed by atoms with Gasteiger partial charge >= 0.3 is 11.9 Å². The van der Waals surface area contributed by atoms with Crippen molar-refractivity contribution in [2.45, 2.75) is 212 Å². The van der Waals surface area contributed by atoms with Crippen LogP contribution in [0.1, 0.15) is 200 Å². The summed E-state index contributed by atoms with van der Waals surface area (Å²) in [5, 5.41) is 11.7. The van der Waals surface area contributed by atoms with Gasteiger partial charge in [-0.2, -0.15) is 0 Å². The molecule has 8 heteroatoms. The summed E-state index contributed by atoms with van der Waals surface area (Å²) in [6.07, 6.45) is 64.3. The van der Waals surface area contributed by atoms with Crippen LogP contribution < -0.4 is 5.11 Å². The molecular formula is C58H97NO7. The number of esters is 2. The molecule has 0 amide bonds. The minimum atomic E-state index is -1.13. The number of aliphatic carboxylic acids is 1. The Kier molecular flexibility index (Phi) is 45.0. The van der Waals surface area contributed by atoms with E-state index < -0.39 is 18.1 Å². The predicted octanol–water partition coefficient (Wildman–Crippen LogP) is 14.1. The number of ether oxygens (including phenoxy) is 3. The number of quaternary nitrogens is 1. The number of carboxylic acid groups (broad SMARTS) is 1. The maximum Gasteiger partial charge on any atom is 0.306 e. The van der Waals surface area contributed by atoms with Gasteiger partial charge in [-0.05, 0) is 89.9 Å². The number of carbonyl (C=O) groups is 3. The van der Waals surface area contributed by atoms with Crippen molar-refractivity contribution < 1.29 is 38.2 Å². The van der Waals surface area contributed by atoms with Crippen molar-refractivity contribution in [2.75, 3.05) is 41.0 Å². The van der Waals surface area contributed by atoms with E-state index in [0.717, 1.165) is 103 Å². The molecule has 0 aromatic carbocycles. The van der Waals surface area contributed by atoms with Crippen molar-refractivity contribution in [3.63, 3.8) is 0 Å². The van der Waals surface area contributed by atoms with Crippen LogP contribution in [0.15, 0.2) is 97.2 Å². The second-order valence-electron chi connectivity index (χ2n) is 18.3. The van der Waals surface area contributed by atoms with Gasteiger partial charge in [0.1, 0.15) is 12.6 Å². The number of carboxylic acids is 1. The standard InChI is InChI=1S/C58H97NO7/c1-6-8-10-12-14-16-18-20-22-24-26-28-30-32-34-36-38-40-42-44-46-48-56(60)65-53-54(52-64-51-50-55(58(62)63)59(3,4)5)66-57(61)49-47-45-43-41-39-37-35-33-31-29-27-25-23-21-19-17-15-13-11-9-7-2/h8-11,14-17,20-23,26-29,54-55H,6-7,12-13,18-19,24-25,30-53H2,1-5H3/b10-8-,11-9-,16-14-,17-15-,22-20-,23-21-,28-26-,29-27-. The molecule has 0 radical (unpaired) electrons. The van der Waals surface area contributed by atoms with E-state index in [9.17, 15) is 19.5 Å². The Bertz CT molecular complexity index is 1400. The number of unbranched alkanes of at least 4 members (excludes halogenated alkanes) is 16. The number of rotatable bonds is 46. The Morgan fingerprint density at radius 3 is 1.18 bits per heavy atom. The van der Waals surface area contributed by atoms with E-state index >= 15 is 0 Å². The summed E-state index contributed by atoms with van der Waals surface area (Å²) in [7, 11) is 5.40. The maximum atomic E-state index is 12.8. The fraction of sp³-hybridized carbons (Fsp3) is 0.672. The second kappa shape index (κ2) is 47.7. The molecule has 0 saturated carbocycles. The molecule has 0 spiro atoms. The third-order valence-corrected chi connectivity index (χ3v) is 11.2. The fourth-order valence-corrected chi connectivity index (χ4v) is 7.23. The molecule has 0 bridgehead atoms. The molecule has 0 N–H and O–H groups in total. The molecule has 0 rings (SSSR count). The predicted molar refractivity (Wildman–Crippen MR) is 277 cm³/mol. The fourth-order valence-electron chi connectivity index (χ4n) is 7.23. The Hall–Kier alpha value is -3.75. The SMILES string of the molecule is CC/C=C\C/C=C\C/C=C\C/C=C\CCCCCCCCCCC(=O)OCC(COCCC(C(=O)[O-])[N+](C)(C)C)OC(=O)CCCCCCCCCC/C=C\C/C=C\C/C=C\C/C=C\CC. The van der Waals surface area contributed by atoms with Crippen LogP contribution in [0.4, 0.5) is 0 Å². The Morgan fingerprint density at radius 2 is 0.803 bits per heavy atom. The largest absolute Gasteiger partial charge is 0.544 e. The lowest BCUT2D eigenvalue weighted by Crippen LogP contribution is -2.55. The zero-order valence-corrected chi connectivity index (χ0v) is 42.8. The zero-order valence-electron chi connectivity index (χ0n) is 42.8. The molecule has 0 aliphatic carbocycles. The molecule has 0 aromatic heterocycles. The van der Waals surface area contributed by atoms with E-state index in [1.165, 1.54) is 64.2 Å². The molecule has 0 saturated heterocycles. The highest BCUT2D eigenvalue weighted by molar-refractivity contribution is 5.70. The summed E-state index contributed by atoms with van der Waals surface area (Å²) in [6.45, 7) is 4.42. The normalized spacial score (nSPS) is 13.7. The van der Waals surface area contributed by atoms with Gasteiger partial charge in [-0.15, -0.1) is 0 Å². The van der Waals surface area contributed by atoms with Gasteiger partial charge in [0.05, 0.1) is 40.3 Å². The minimum Gasteiger partial charge on any atom is -0.544 e. The van der Waals surface area contributed by atoms with Crippen LogP contribution in [0.25, 0.3) is 0 Å². The van der Waals surface area contributed by atoms with Gasteiger partial charge in [0.2, 0.25) is 0 Å². The van der Waals surface area contributed by atoms with E-state index in [1.54, 1.807) is 21.1 Å². The Balaban J connectivity index is 4.28. The van der Waals surface area contributed by atoms with Crippen LogP contribution in [0.3, 0.4) is 0 Å². The van der Waals surface area contributed by atoms with Crippen molar-refractivity contribution in [1.82, 2.24) is 0 Å². The number of allylic oxidation sites excluding steroid dienone is 16. The molecular weight excluding hydrogens is 823 g/mol. The highest BCUT2D eigenvalue weighted by atomic mass is 16.6. The van der Waals surface area contributed by atoms with Crippen molar-refractivity contribution in [1.29, 1.82) is 0 Å². The molecule has 2 unspecified atom stereocenters. The van der Waals surface area contributed by atoms with Gasteiger partial charge in [-0.3, -0.25) is 9.59 Å². The Labute approximate surface area is 405 Å². The third kappa shape index (κ3) is 45.4. The quantitative estimate of drug-likeness (QED) is 0.0259. The monoisotopic (exact) mass is 920 g/mol. The first kappa shape index (κ1) is 62.2. The summed E-state index contributed by atoms with van der Waals surface area (Å²) >= 11 is 0. The van der Waals surface area contributed by atoms with Gasteiger partial charge in [-0.1, -0.05) is 188 Å². The van der Waals surface area contributed by atoms with Crippen LogP contribution in [-0.4, -0.2) is 75.5 Å². The number of carbonyl (C=O) groups excluding carboxylic acids is 3. The highest BCUT2D eigenvalue weighted by Gasteiger charge is 2.25. The highest BCUT2D eigenvalue weighted by Crippen LogP contribution is 2.14. The molecule has 0 aliphatic rings. The third-order valence-electron chi connectivity index (χ3n) is 11.2. The summed E-state index contributed by atoms with van der Waals surface area (Å²) in [5.74, 6) is -1.76.